The highest BCUT2D eigenvalue weighted by molar-refractivity contribution is 7.80. The minimum atomic E-state index is 0.400. The van der Waals surface area contributed by atoms with E-state index in [1.807, 2.05) is 6.07 Å². The summed E-state index contributed by atoms with van der Waals surface area (Å²) in [5.74, 6) is 0. The molecule has 0 radical (unpaired) electrons. The van der Waals surface area contributed by atoms with E-state index in [2.05, 4.69) is 20.9 Å². The van der Waals surface area contributed by atoms with Gasteiger partial charge in [-0.25, -0.2) is 0 Å². The zero-order valence-electron chi connectivity index (χ0n) is 12.5. The van der Waals surface area contributed by atoms with Gasteiger partial charge in [0.05, 0.1) is 0 Å². The molecule has 0 aromatic carbocycles. The molecule has 21 heavy (non-hydrogen) atoms. The van der Waals surface area contributed by atoms with Crippen molar-refractivity contribution in [3.05, 3.63) is 29.6 Å². The number of piperidine rings is 1. The summed E-state index contributed by atoms with van der Waals surface area (Å²) in [5, 5.41) is 0. The van der Waals surface area contributed by atoms with Gasteiger partial charge in [-0.05, 0) is 44.0 Å². The van der Waals surface area contributed by atoms with Gasteiger partial charge in [-0.2, -0.15) is 0 Å². The Morgan fingerprint density at radius 1 is 1.29 bits per heavy atom. The van der Waals surface area contributed by atoms with E-state index in [4.69, 9.17) is 18.0 Å². The van der Waals surface area contributed by atoms with Crippen LogP contribution in [0.2, 0.25) is 0 Å². The Labute approximate surface area is 132 Å². The van der Waals surface area contributed by atoms with Crippen molar-refractivity contribution in [2.45, 2.75) is 38.3 Å². The van der Waals surface area contributed by atoms with Crippen molar-refractivity contribution in [1.82, 2.24) is 14.8 Å². The van der Waals surface area contributed by atoms with Crippen molar-refractivity contribution in [3.8, 4) is 0 Å². The highest BCUT2D eigenvalue weighted by Gasteiger charge is 2.28. The van der Waals surface area contributed by atoms with E-state index in [1.54, 1.807) is 6.20 Å². The maximum absolute atomic E-state index is 5.78. The molecule has 1 aromatic rings. The van der Waals surface area contributed by atoms with Crippen LogP contribution in [0.15, 0.2) is 18.3 Å². The van der Waals surface area contributed by atoms with Gasteiger partial charge in [0.2, 0.25) is 0 Å². The van der Waals surface area contributed by atoms with Crippen molar-refractivity contribution in [3.63, 3.8) is 0 Å². The Kier molecular flexibility index (Phi) is 4.83. The maximum atomic E-state index is 5.78. The first-order valence-corrected chi connectivity index (χ1v) is 8.35. The van der Waals surface area contributed by atoms with E-state index < -0.39 is 0 Å². The first-order chi connectivity index (χ1) is 10.2. The average Bonchev–Trinajstić information content (AvgIpc) is 2.97. The van der Waals surface area contributed by atoms with Gasteiger partial charge in [-0.3, -0.25) is 14.8 Å². The van der Waals surface area contributed by atoms with E-state index in [9.17, 15) is 0 Å². The Morgan fingerprint density at radius 2 is 2.10 bits per heavy atom. The van der Waals surface area contributed by atoms with E-state index in [1.165, 1.54) is 38.8 Å². The molecule has 2 aliphatic rings. The van der Waals surface area contributed by atoms with Gasteiger partial charge >= 0.3 is 0 Å². The summed E-state index contributed by atoms with van der Waals surface area (Å²) in [6.07, 6.45) is 7.18. The second kappa shape index (κ2) is 6.81. The number of nitrogens with two attached hydrogens (primary N) is 1. The van der Waals surface area contributed by atoms with Gasteiger partial charge in [0.15, 0.2) is 0 Å². The molecule has 3 heterocycles. The molecule has 3 rings (SSSR count). The molecule has 114 valence electrons. The predicted molar refractivity (Wildman–Crippen MR) is 89.2 cm³/mol. The minimum absolute atomic E-state index is 0.400. The number of thiocarbonyl (C=S) groups is 1. The highest BCUT2D eigenvalue weighted by Crippen LogP contribution is 2.22. The van der Waals surface area contributed by atoms with Gasteiger partial charge in [-0.15, -0.1) is 0 Å². The van der Waals surface area contributed by atoms with Gasteiger partial charge in [0.1, 0.15) is 10.7 Å². The fourth-order valence-electron chi connectivity index (χ4n) is 3.57. The number of pyridine rings is 1. The molecule has 5 heteroatoms. The fraction of sp³-hybridized carbons (Fsp3) is 0.625. The molecule has 1 unspecified atom stereocenters. The van der Waals surface area contributed by atoms with Crippen LogP contribution < -0.4 is 5.73 Å². The Bertz CT molecular complexity index is 499. The minimum Gasteiger partial charge on any atom is -0.388 e. The SMILES string of the molecule is NC(=S)c1ncccc1CN1CCC(N2CCCCC2)C1. The first kappa shape index (κ1) is 14.9. The quantitative estimate of drug-likeness (QED) is 0.859. The lowest BCUT2D eigenvalue weighted by Gasteiger charge is -2.32. The second-order valence-corrected chi connectivity index (χ2v) is 6.59. The monoisotopic (exact) mass is 304 g/mol. The van der Waals surface area contributed by atoms with Crippen LogP contribution in [0.1, 0.15) is 36.9 Å². The van der Waals surface area contributed by atoms with Gasteiger partial charge in [-0.1, -0.05) is 24.7 Å². The average molecular weight is 304 g/mol. The zero-order valence-corrected chi connectivity index (χ0v) is 13.3. The normalized spacial score (nSPS) is 24.3. The lowest BCUT2D eigenvalue weighted by molar-refractivity contribution is 0.161. The van der Waals surface area contributed by atoms with Gasteiger partial charge < -0.3 is 5.73 Å². The standard InChI is InChI=1S/C16H24N4S/c17-16(21)15-13(5-4-7-18-15)11-19-10-6-14(12-19)20-8-2-1-3-9-20/h4-5,7,14H,1-3,6,8-12H2,(H2,17,21). The van der Waals surface area contributed by atoms with Crippen LogP contribution >= 0.6 is 12.2 Å². The molecule has 1 atom stereocenters. The molecule has 0 aliphatic carbocycles. The van der Waals surface area contributed by atoms with Crippen LogP contribution in [0, 0.1) is 0 Å². The van der Waals surface area contributed by atoms with E-state index in [-0.39, 0.29) is 0 Å². The molecule has 1 aromatic heterocycles. The van der Waals surface area contributed by atoms with E-state index in [0.29, 0.717) is 4.99 Å². The molecule has 2 saturated heterocycles. The van der Waals surface area contributed by atoms with Crippen molar-refractivity contribution >= 4 is 17.2 Å². The molecule has 0 amide bonds. The van der Waals surface area contributed by atoms with Crippen molar-refractivity contribution in [1.29, 1.82) is 0 Å². The van der Waals surface area contributed by atoms with Gasteiger partial charge in [0, 0.05) is 31.9 Å². The molecule has 0 spiro atoms. The smallest absolute Gasteiger partial charge is 0.123 e. The van der Waals surface area contributed by atoms with Crippen LogP contribution in [0.4, 0.5) is 0 Å². The van der Waals surface area contributed by atoms with E-state index >= 15 is 0 Å². The third-order valence-electron chi connectivity index (χ3n) is 4.67. The van der Waals surface area contributed by atoms with Crippen molar-refractivity contribution < 1.29 is 0 Å². The van der Waals surface area contributed by atoms with Crippen LogP contribution in [-0.2, 0) is 6.54 Å². The van der Waals surface area contributed by atoms with Crippen molar-refractivity contribution in [2.75, 3.05) is 26.2 Å². The molecule has 0 saturated carbocycles. The summed E-state index contributed by atoms with van der Waals surface area (Å²) in [5.41, 5.74) is 7.72. The molecule has 0 bridgehead atoms. The molecule has 2 N–H and O–H groups in total. The summed E-state index contributed by atoms with van der Waals surface area (Å²) in [7, 11) is 0. The van der Waals surface area contributed by atoms with Crippen LogP contribution in [0.3, 0.4) is 0 Å². The van der Waals surface area contributed by atoms with E-state index in [0.717, 1.165) is 36.9 Å². The third kappa shape index (κ3) is 3.59. The molecular formula is C16H24N4S. The maximum Gasteiger partial charge on any atom is 0.123 e. The number of hydrogen-bond donors (Lipinski definition) is 1. The summed E-state index contributed by atoms with van der Waals surface area (Å²) in [6, 6.07) is 4.79. The summed E-state index contributed by atoms with van der Waals surface area (Å²) < 4.78 is 0. The number of hydrogen-bond acceptors (Lipinski definition) is 4. The highest BCUT2D eigenvalue weighted by atomic mass is 32.1. The first-order valence-electron chi connectivity index (χ1n) is 7.94. The van der Waals surface area contributed by atoms with Crippen molar-refractivity contribution in [2.24, 2.45) is 5.73 Å². The summed E-state index contributed by atoms with van der Waals surface area (Å²) in [4.78, 5) is 9.92. The number of rotatable bonds is 4. The van der Waals surface area contributed by atoms with Crippen LogP contribution in [-0.4, -0.2) is 52.0 Å². The Balaban J connectivity index is 1.61. The molecule has 4 nitrogen and oxygen atoms in total. The zero-order chi connectivity index (χ0) is 14.7. The van der Waals surface area contributed by atoms with Crippen LogP contribution in [0.25, 0.3) is 0 Å². The number of likely N-dealkylation sites (tertiary alicyclic amines) is 2. The van der Waals surface area contributed by atoms with Crippen LogP contribution in [0.5, 0.6) is 0 Å². The Hall–Kier alpha value is -1.04. The fourth-order valence-corrected chi connectivity index (χ4v) is 3.75. The topological polar surface area (TPSA) is 45.4 Å². The largest absolute Gasteiger partial charge is 0.388 e. The van der Waals surface area contributed by atoms with Gasteiger partial charge in [0.25, 0.3) is 0 Å². The molecular weight excluding hydrogens is 280 g/mol. The number of aromatic nitrogens is 1. The summed E-state index contributed by atoms with van der Waals surface area (Å²) >= 11 is 5.10. The Morgan fingerprint density at radius 3 is 2.86 bits per heavy atom. The summed E-state index contributed by atoms with van der Waals surface area (Å²) in [6.45, 7) is 5.79. The lowest BCUT2D eigenvalue weighted by atomic mass is 10.1. The molecule has 2 fully saturated rings. The predicted octanol–water partition coefficient (Wildman–Crippen LogP) is 1.78. The number of nitrogens with zero attached hydrogens (tertiary/aromatic N) is 3. The lowest BCUT2D eigenvalue weighted by Crippen LogP contribution is -2.40. The molecule has 2 aliphatic heterocycles. The second-order valence-electron chi connectivity index (χ2n) is 6.15. The third-order valence-corrected chi connectivity index (χ3v) is 4.87.